The zero-order chi connectivity index (χ0) is 44.8. The van der Waals surface area contributed by atoms with Crippen LogP contribution >= 0.6 is 0 Å². The number of imide groups is 1. The van der Waals surface area contributed by atoms with E-state index in [0.29, 0.717) is 60.1 Å². The lowest BCUT2D eigenvalue weighted by molar-refractivity contribution is -0.120. The summed E-state index contributed by atoms with van der Waals surface area (Å²) in [6.45, 7) is 9.20. The fourth-order valence-corrected chi connectivity index (χ4v) is 12.8. The number of piperazine rings is 2. The Kier molecular flexibility index (Phi) is 10.3. The van der Waals surface area contributed by atoms with Crippen molar-refractivity contribution < 1.29 is 19.1 Å². The fraction of sp³-hybridized carbons (Fsp3) is 0.500. The molecule has 4 unspecified atom stereocenters. The quantitative estimate of drug-likeness (QED) is 0.152. The number of phenolic OH excluding ortho intramolecular Hbond substituents is 1. The molecule has 4 N–H and O–H groups in total. The smallest absolute Gasteiger partial charge is 0.328 e. The summed E-state index contributed by atoms with van der Waals surface area (Å²) in [5.74, 6) is 0.782. The molecule has 9 heterocycles. The van der Waals surface area contributed by atoms with Gasteiger partial charge in [0.05, 0.1) is 29.0 Å². The maximum absolute atomic E-state index is 15.7. The van der Waals surface area contributed by atoms with Gasteiger partial charge in [-0.25, -0.2) is 14.2 Å². The molecule has 5 aromatic rings. The van der Waals surface area contributed by atoms with Crippen LogP contribution in [-0.2, 0) is 4.79 Å². The number of rotatable bonds is 9. The van der Waals surface area contributed by atoms with Gasteiger partial charge in [0, 0.05) is 118 Å². The second-order valence-electron chi connectivity index (χ2n) is 20.1. The van der Waals surface area contributed by atoms with Crippen molar-refractivity contribution in [3.05, 3.63) is 78.4 Å². The van der Waals surface area contributed by atoms with Gasteiger partial charge in [-0.3, -0.25) is 24.8 Å². The molecular weight excluding hydrogens is 836 g/mol. The van der Waals surface area contributed by atoms with Crippen LogP contribution in [0.5, 0.6) is 5.75 Å². The van der Waals surface area contributed by atoms with E-state index < -0.39 is 0 Å². The molecule has 16 heteroatoms. The minimum absolute atomic E-state index is 0.142. The molecule has 7 aliphatic rings. The van der Waals surface area contributed by atoms with Gasteiger partial charge in [-0.15, -0.1) is 10.2 Å². The summed E-state index contributed by atoms with van der Waals surface area (Å²) in [7, 11) is 0. The second-order valence-corrected chi connectivity index (χ2v) is 20.1. The molecular formula is C50H59FN12O3. The highest BCUT2D eigenvalue weighted by Gasteiger charge is 2.46. The predicted molar refractivity (Wildman–Crippen MR) is 254 cm³/mol. The number of benzene rings is 2. The summed E-state index contributed by atoms with van der Waals surface area (Å²) in [5, 5.41) is 22.5. The number of likely N-dealkylation sites (tertiary alicyclic amines) is 1. The fourth-order valence-electron chi connectivity index (χ4n) is 12.8. The summed E-state index contributed by atoms with van der Waals surface area (Å²) in [6, 6.07) is 19.2. The maximum atomic E-state index is 15.7. The number of carbonyl (C=O) groups is 2. The van der Waals surface area contributed by atoms with Crippen LogP contribution in [0.25, 0.3) is 22.3 Å². The van der Waals surface area contributed by atoms with E-state index in [1.165, 1.54) is 12.8 Å². The third kappa shape index (κ3) is 7.27. The lowest BCUT2D eigenvalue weighted by Crippen LogP contribution is -2.59. The van der Waals surface area contributed by atoms with E-state index in [2.05, 4.69) is 63.8 Å². The highest BCUT2D eigenvalue weighted by Crippen LogP contribution is 2.44. The molecule has 7 fully saturated rings. The summed E-state index contributed by atoms with van der Waals surface area (Å²) < 4.78 is 18.1. The molecule has 3 amide bonds. The molecule has 6 saturated heterocycles. The van der Waals surface area contributed by atoms with Crippen molar-refractivity contribution in [2.24, 2.45) is 5.92 Å². The molecule has 15 nitrogen and oxygen atoms in total. The Bertz CT molecular complexity index is 2670. The molecule has 66 heavy (non-hydrogen) atoms. The number of nitrogens with zero attached hydrogens (tertiary/aromatic N) is 10. The van der Waals surface area contributed by atoms with Gasteiger partial charge in [-0.2, -0.15) is 0 Å². The first kappa shape index (κ1) is 41.4. The van der Waals surface area contributed by atoms with Crippen molar-refractivity contribution in [3.63, 3.8) is 0 Å². The number of fused-ring (bicyclic) bond motifs is 5. The summed E-state index contributed by atoms with van der Waals surface area (Å²) >= 11 is 0. The summed E-state index contributed by atoms with van der Waals surface area (Å²) in [5.41, 5.74) is 13.1. The number of carbonyl (C=O) groups excluding carboxylic acids is 2. The average molecular weight is 895 g/mol. The number of halogens is 1. The molecule has 0 radical (unpaired) electrons. The van der Waals surface area contributed by atoms with E-state index in [4.69, 9.17) is 10.7 Å². The van der Waals surface area contributed by atoms with Gasteiger partial charge in [-0.05, 0) is 112 Å². The Labute approximate surface area is 384 Å². The van der Waals surface area contributed by atoms with E-state index in [1.807, 2.05) is 30.3 Å². The topological polar surface area (TPSA) is 155 Å². The van der Waals surface area contributed by atoms with Crippen LogP contribution in [0.2, 0.25) is 0 Å². The van der Waals surface area contributed by atoms with E-state index in [1.54, 1.807) is 29.3 Å². The first-order valence-corrected chi connectivity index (χ1v) is 24.2. The van der Waals surface area contributed by atoms with Gasteiger partial charge in [0.2, 0.25) is 5.91 Å². The van der Waals surface area contributed by atoms with Crippen LogP contribution in [-0.4, -0.2) is 129 Å². The Morgan fingerprint density at radius 2 is 1.53 bits per heavy atom. The Balaban J connectivity index is 0.644. The van der Waals surface area contributed by atoms with Gasteiger partial charge in [0.15, 0.2) is 5.82 Å². The van der Waals surface area contributed by atoms with Crippen LogP contribution in [0.15, 0.2) is 67.0 Å². The zero-order valence-corrected chi connectivity index (χ0v) is 37.6. The minimum atomic E-state index is -0.385. The molecule has 1 saturated carbocycles. The number of phenols is 1. The first-order chi connectivity index (χ1) is 32.1. The molecule has 6 aliphatic heterocycles. The number of nitrogens with one attached hydrogen (secondary N) is 1. The third-order valence-corrected chi connectivity index (χ3v) is 16.3. The maximum Gasteiger partial charge on any atom is 0.328 e. The molecule has 1 aliphatic carbocycles. The molecule has 2 aromatic carbocycles. The molecule has 344 valence electrons. The number of hydrogen-bond donors (Lipinski definition) is 3. The monoisotopic (exact) mass is 894 g/mol. The van der Waals surface area contributed by atoms with Gasteiger partial charge in [-0.1, -0.05) is 12.1 Å². The number of aryl methyl sites for hydroxylation is 1. The number of aromatic nitrogens is 4. The number of anilines is 5. The van der Waals surface area contributed by atoms with Crippen LogP contribution in [0.1, 0.15) is 69.4 Å². The molecule has 0 spiro atoms. The second kappa shape index (κ2) is 16.4. The Hall–Kier alpha value is -6.00. The normalized spacial score (nSPS) is 27.2. The predicted octanol–water partition coefficient (Wildman–Crippen LogP) is 6.30. The number of aromatic hydroxyl groups is 1. The Morgan fingerprint density at radius 1 is 0.788 bits per heavy atom. The molecule has 3 aromatic heterocycles. The van der Waals surface area contributed by atoms with Crippen molar-refractivity contribution in [2.75, 3.05) is 77.7 Å². The van der Waals surface area contributed by atoms with Crippen LogP contribution in [0.4, 0.5) is 37.8 Å². The van der Waals surface area contributed by atoms with Crippen molar-refractivity contribution in [3.8, 4) is 17.0 Å². The van der Waals surface area contributed by atoms with Crippen LogP contribution in [0.3, 0.4) is 0 Å². The largest absolute Gasteiger partial charge is 0.507 e. The number of pyridine rings is 1. The minimum Gasteiger partial charge on any atom is -0.507 e. The van der Waals surface area contributed by atoms with E-state index in [0.717, 1.165) is 124 Å². The average Bonchev–Trinajstić information content (AvgIpc) is 3.84. The van der Waals surface area contributed by atoms with Gasteiger partial charge < -0.3 is 30.1 Å². The van der Waals surface area contributed by atoms with E-state index >= 15 is 4.39 Å². The van der Waals surface area contributed by atoms with Crippen LogP contribution < -0.4 is 30.7 Å². The van der Waals surface area contributed by atoms with Crippen LogP contribution in [0, 0.1) is 18.7 Å². The number of hydrogen-bond acceptors (Lipinski definition) is 12. The number of nitrogen functional groups attached to an aromatic ring is 1. The number of amides is 3. The number of urea groups is 1. The highest BCUT2D eigenvalue weighted by molar-refractivity contribution is 6.06. The lowest BCUT2D eigenvalue weighted by Gasteiger charge is -2.50. The van der Waals surface area contributed by atoms with E-state index in [9.17, 15) is 14.7 Å². The van der Waals surface area contributed by atoms with Gasteiger partial charge in [0.25, 0.3) is 0 Å². The number of nitrogens with two attached hydrogens (primary N) is 1. The molecule has 12 rings (SSSR count). The number of para-hydroxylation sites is 1. The highest BCUT2D eigenvalue weighted by atomic mass is 19.1. The summed E-state index contributed by atoms with van der Waals surface area (Å²) in [6.07, 6.45) is 13.3. The molecule has 4 atom stereocenters. The SMILES string of the molecule is Cc1cn(C2CC(N3CC4CCC(C3)N4CC3CCN(c4cc(N5C6CCC5CN(c5cc(-c7ccccc7O)nnc5N)C6)ccc4F)CC3)C2)c2ncc(N3CCC(=O)NC3=O)cc12. The zero-order valence-electron chi connectivity index (χ0n) is 37.6. The first-order valence-electron chi connectivity index (χ1n) is 24.2. The van der Waals surface area contributed by atoms with Gasteiger partial charge >= 0.3 is 6.03 Å². The van der Waals surface area contributed by atoms with Crippen molar-refractivity contribution in [1.82, 2.24) is 34.9 Å². The third-order valence-electron chi connectivity index (χ3n) is 16.3. The lowest BCUT2D eigenvalue weighted by atomic mass is 9.84. The van der Waals surface area contributed by atoms with Crippen molar-refractivity contribution in [2.45, 2.75) is 101 Å². The summed E-state index contributed by atoms with van der Waals surface area (Å²) in [4.78, 5) is 43.4. The van der Waals surface area contributed by atoms with Crippen molar-refractivity contribution in [1.29, 1.82) is 0 Å². The number of piperidine rings is 1. The van der Waals surface area contributed by atoms with E-state index in [-0.39, 0.29) is 35.6 Å². The Morgan fingerprint density at radius 3 is 2.27 bits per heavy atom. The van der Waals surface area contributed by atoms with Gasteiger partial charge in [0.1, 0.15) is 17.2 Å². The van der Waals surface area contributed by atoms with Crippen molar-refractivity contribution >= 4 is 51.5 Å². The standard InChI is InChI=1S/C50H59FN12O3/c1-30-24-62(49-41(30)20-39(23-53-49)60-17-14-47(65)54-50(60)66)38-18-37(19-38)58-26-33-6-7-34(27-58)61(33)25-31-12-15-57(16-13-31)44-21-32(10-11-42(44)51)63-35-8-9-36(63)29-59(28-35)45-22-43(55-56-48(45)52)40-4-2-3-5-46(40)64/h2-5,10-11,20-24,31,33-38,64H,6-9,12-19,25-29H2,1H3,(H2,52,56)(H,54,65,66). The molecule has 4 bridgehead atoms.